The smallest absolute Gasteiger partial charge is 0.217 e. The van der Waals surface area contributed by atoms with E-state index in [-0.39, 0.29) is 5.91 Å². The molecule has 0 atom stereocenters. The molecule has 0 spiro atoms. The lowest BCUT2D eigenvalue weighted by atomic mass is 10.3. The molecule has 4 nitrogen and oxygen atoms in total. The van der Waals surface area contributed by atoms with Gasteiger partial charge in [0, 0.05) is 31.4 Å². The molecule has 1 aromatic rings. The Labute approximate surface area is 64.7 Å². The highest BCUT2D eigenvalue weighted by atomic mass is 16.1. The van der Waals surface area contributed by atoms with E-state index in [9.17, 15) is 4.79 Å². The molecule has 1 aromatic heterocycles. The van der Waals surface area contributed by atoms with E-state index in [0.717, 1.165) is 5.56 Å². The maximum absolute atomic E-state index is 10.5. The van der Waals surface area contributed by atoms with Crippen molar-refractivity contribution in [2.24, 2.45) is 0 Å². The van der Waals surface area contributed by atoms with Crippen molar-refractivity contribution in [1.82, 2.24) is 15.3 Å². The molecular weight excluding hydrogens is 142 g/mol. The van der Waals surface area contributed by atoms with Crippen molar-refractivity contribution >= 4 is 5.91 Å². The predicted molar refractivity (Wildman–Crippen MR) is 39.6 cm³/mol. The second-order valence-corrected chi connectivity index (χ2v) is 2.16. The zero-order valence-electron chi connectivity index (χ0n) is 6.24. The monoisotopic (exact) mass is 151 g/mol. The molecule has 1 heterocycles. The van der Waals surface area contributed by atoms with Crippen LogP contribution in [0.15, 0.2) is 18.7 Å². The Morgan fingerprint density at radius 3 is 2.73 bits per heavy atom. The van der Waals surface area contributed by atoms with Crippen LogP contribution in [-0.4, -0.2) is 15.9 Å². The first-order valence-corrected chi connectivity index (χ1v) is 3.27. The van der Waals surface area contributed by atoms with Gasteiger partial charge < -0.3 is 5.32 Å². The summed E-state index contributed by atoms with van der Waals surface area (Å²) < 4.78 is 0. The maximum atomic E-state index is 10.5. The largest absolute Gasteiger partial charge is 0.352 e. The number of hydrogen-bond acceptors (Lipinski definition) is 3. The molecule has 0 bridgehead atoms. The first-order chi connectivity index (χ1) is 5.29. The standard InChI is InChI=1S/C7H9N3O/c1-6(11)10-4-7-2-8-5-9-3-7/h2-3,5H,4H2,1H3,(H,10,11). The fourth-order valence-corrected chi connectivity index (χ4v) is 0.648. The second-order valence-electron chi connectivity index (χ2n) is 2.16. The lowest BCUT2D eigenvalue weighted by Gasteiger charge is -1.98. The Morgan fingerprint density at radius 1 is 1.55 bits per heavy atom. The summed E-state index contributed by atoms with van der Waals surface area (Å²) in [5.41, 5.74) is 0.905. The molecule has 0 aliphatic rings. The van der Waals surface area contributed by atoms with E-state index in [4.69, 9.17) is 0 Å². The quantitative estimate of drug-likeness (QED) is 0.652. The topological polar surface area (TPSA) is 54.9 Å². The average molecular weight is 151 g/mol. The minimum Gasteiger partial charge on any atom is -0.352 e. The molecule has 0 radical (unpaired) electrons. The number of hydrogen-bond donors (Lipinski definition) is 1. The molecule has 0 aliphatic carbocycles. The van der Waals surface area contributed by atoms with Crippen LogP contribution < -0.4 is 5.32 Å². The van der Waals surface area contributed by atoms with Crippen LogP contribution >= 0.6 is 0 Å². The number of nitrogens with zero attached hydrogens (tertiary/aromatic N) is 2. The molecule has 0 saturated carbocycles. The summed E-state index contributed by atoms with van der Waals surface area (Å²) in [6.45, 7) is 1.97. The van der Waals surface area contributed by atoms with E-state index in [1.165, 1.54) is 13.3 Å². The molecular formula is C7H9N3O. The van der Waals surface area contributed by atoms with E-state index < -0.39 is 0 Å². The SMILES string of the molecule is CC(=O)NCc1cncnc1. The molecule has 1 amide bonds. The molecule has 0 aliphatic heterocycles. The second kappa shape index (κ2) is 3.65. The number of carbonyl (C=O) groups is 1. The van der Waals surface area contributed by atoms with Crippen LogP contribution in [0.5, 0.6) is 0 Å². The minimum absolute atomic E-state index is 0.0474. The third kappa shape index (κ3) is 2.75. The van der Waals surface area contributed by atoms with Crippen molar-refractivity contribution in [1.29, 1.82) is 0 Å². The zero-order valence-corrected chi connectivity index (χ0v) is 6.24. The summed E-state index contributed by atoms with van der Waals surface area (Å²) >= 11 is 0. The van der Waals surface area contributed by atoms with Crippen LogP contribution in [0.1, 0.15) is 12.5 Å². The van der Waals surface area contributed by atoms with Gasteiger partial charge >= 0.3 is 0 Å². The van der Waals surface area contributed by atoms with Crippen molar-refractivity contribution < 1.29 is 4.79 Å². The van der Waals surface area contributed by atoms with Crippen LogP contribution in [0, 0.1) is 0 Å². The first kappa shape index (κ1) is 7.65. The van der Waals surface area contributed by atoms with Crippen molar-refractivity contribution in [3.63, 3.8) is 0 Å². The number of amides is 1. The Balaban J connectivity index is 2.45. The number of nitrogens with one attached hydrogen (secondary N) is 1. The summed E-state index contributed by atoms with van der Waals surface area (Å²) in [5, 5.41) is 2.64. The van der Waals surface area contributed by atoms with E-state index in [1.54, 1.807) is 12.4 Å². The molecule has 58 valence electrons. The normalized spacial score (nSPS) is 9.18. The van der Waals surface area contributed by atoms with Crippen LogP contribution in [-0.2, 0) is 11.3 Å². The Hall–Kier alpha value is -1.45. The third-order valence-corrected chi connectivity index (χ3v) is 1.16. The van der Waals surface area contributed by atoms with Crippen LogP contribution in [0.2, 0.25) is 0 Å². The van der Waals surface area contributed by atoms with Gasteiger partial charge in [0.25, 0.3) is 0 Å². The molecule has 1 N–H and O–H groups in total. The maximum Gasteiger partial charge on any atom is 0.217 e. The van der Waals surface area contributed by atoms with Gasteiger partial charge in [0.2, 0.25) is 5.91 Å². The van der Waals surface area contributed by atoms with Crippen molar-refractivity contribution in [3.05, 3.63) is 24.3 Å². The summed E-state index contributed by atoms with van der Waals surface area (Å²) in [4.78, 5) is 18.1. The van der Waals surface area contributed by atoms with Crippen LogP contribution in [0.3, 0.4) is 0 Å². The van der Waals surface area contributed by atoms with Gasteiger partial charge in [-0.1, -0.05) is 0 Å². The highest BCUT2D eigenvalue weighted by molar-refractivity contribution is 5.72. The van der Waals surface area contributed by atoms with Crippen molar-refractivity contribution in [2.75, 3.05) is 0 Å². The molecule has 1 rings (SSSR count). The van der Waals surface area contributed by atoms with Gasteiger partial charge in [-0.2, -0.15) is 0 Å². The molecule has 4 heteroatoms. The Morgan fingerprint density at radius 2 is 2.18 bits per heavy atom. The molecule has 0 aromatic carbocycles. The predicted octanol–water partition coefficient (Wildman–Crippen LogP) is 0.113. The van der Waals surface area contributed by atoms with E-state index in [0.29, 0.717) is 6.54 Å². The Bertz CT molecular complexity index is 235. The first-order valence-electron chi connectivity index (χ1n) is 3.27. The van der Waals surface area contributed by atoms with Gasteiger partial charge in [-0.25, -0.2) is 9.97 Å². The molecule has 0 fully saturated rings. The van der Waals surface area contributed by atoms with Gasteiger partial charge in [-0.3, -0.25) is 4.79 Å². The average Bonchev–Trinajstić information content (AvgIpc) is 2.03. The third-order valence-electron chi connectivity index (χ3n) is 1.16. The van der Waals surface area contributed by atoms with E-state index >= 15 is 0 Å². The molecule has 0 saturated heterocycles. The summed E-state index contributed by atoms with van der Waals surface area (Å²) in [5.74, 6) is -0.0474. The summed E-state index contributed by atoms with van der Waals surface area (Å²) in [7, 11) is 0. The van der Waals surface area contributed by atoms with Crippen molar-refractivity contribution in [3.8, 4) is 0 Å². The van der Waals surface area contributed by atoms with E-state index in [1.807, 2.05) is 0 Å². The van der Waals surface area contributed by atoms with Crippen LogP contribution in [0.25, 0.3) is 0 Å². The number of rotatable bonds is 2. The lowest BCUT2D eigenvalue weighted by molar-refractivity contribution is -0.119. The number of aromatic nitrogens is 2. The summed E-state index contributed by atoms with van der Waals surface area (Å²) in [6.07, 6.45) is 4.79. The van der Waals surface area contributed by atoms with Crippen molar-refractivity contribution in [2.45, 2.75) is 13.5 Å². The van der Waals surface area contributed by atoms with E-state index in [2.05, 4.69) is 15.3 Å². The summed E-state index contributed by atoms with van der Waals surface area (Å²) in [6, 6.07) is 0. The molecule has 0 unspecified atom stereocenters. The highest BCUT2D eigenvalue weighted by Crippen LogP contribution is 1.90. The fraction of sp³-hybridized carbons (Fsp3) is 0.286. The highest BCUT2D eigenvalue weighted by Gasteiger charge is 1.92. The van der Waals surface area contributed by atoms with Gasteiger partial charge in [0.15, 0.2) is 0 Å². The van der Waals surface area contributed by atoms with Gasteiger partial charge in [-0.15, -0.1) is 0 Å². The van der Waals surface area contributed by atoms with Crippen LogP contribution in [0.4, 0.5) is 0 Å². The Kier molecular flexibility index (Phi) is 2.54. The van der Waals surface area contributed by atoms with Gasteiger partial charge in [0.05, 0.1) is 0 Å². The number of carbonyl (C=O) groups excluding carboxylic acids is 1. The van der Waals surface area contributed by atoms with Gasteiger partial charge in [-0.05, 0) is 0 Å². The molecule has 11 heavy (non-hydrogen) atoms. The zero-order chi connectivity index (χ0) is 8.10. The lowest BCUT2D eigenvalue weighted by Crippen LogP contribution is -2.18. The minimum atomic E-state index is -0.0474. The fourth-order valence-electron chi connectivity index (χ4n) is 0.648. The van der Waals surface area contributed by atoms with Gasteiger partial charge in [0.1, 0.15) is 6.33 Å².